The van der Waals surface area contributed by atoms with Crippen LogP contribution < -0.4 is 0 Å². The lowest BCUT2D eigenvalue weighted by Gasteiger charge is -2.23. The maximum absolute atomic E-state index is 2.57. The third-order valence-electron chi connectivity index (χ3n) is 3.86. The molecule has 0 bridgehead atoms. The molecule has 1 aliphatic rings. The number of benzene rings is 2. The molecule has 2 aromatic rings. The summed E-state index contributed by atoms with van der Waals surface area (Å²) in [6.45, 7) is 4.53. The zero-order valence-electron chi connectivity index (χ0n) is 10.8. The molecular weight excluding hydrogens is 218 g/mol. The van der Waals surface area contributed by atoms with Crippen LogP contribution in [0.5, 0.6) is 0 Å². The van der Waals surface area contributed by atoms with Crippen molar-refractivity contribution in [3.63, 3.8) is 0 Å². The largest absolute Gasteiger partial charge is 0.292 e. The fourth-order valence-electron chi connectivity index (χ4n) is 2.76. The molecular formula is C17H19N. The highest BCUT2D eigenvalue weighted by atomic mass is 15.2. The molecule has 0 aromatic heterocycles. The Hall–Kier alpha value is -1.60. The van der Waals surface area contributed by atoms with E-state index in [0.717, 1.165) is 19.5 Å². The Morgan fingerprint density at radius 1 is 0.889 bits per heavy atom. The van der Waals surface area contributed by atoms with E-state index >= 15 is 0 Å². The first kappa shape index (κ1) is 11.5. The molecule has 1 atom stereocenters. The van der Waals surface area contributed by atoms with Gasteiger partial charge in [-0.05, 0) is 30.0 Å². The van der Waals surface area contributed by atoms with E-state index in [0.29, 0.717) is 6.04 Å². The highest BCUT2D eigenvalue weighted by Gasteiger charge is 2.22. The Morgan fingerprint density at radius 2 is 1.44 bits per heavy atom. The molecule has 1 unspecified atom stereocenters. The van der Waals surface area contributed by atoms with Gasteiger partial charge in [0.05, 0.1) is 0 Å². The van der Waals surface area contributed by atoms with Crippen molar-refractivity contribution >= 4 is 0 Å². The second-order valence-corrected chi connectivity index (χ2v) is 5.21. The lowest BCUT2D eigenvalue weighted by molar-refractivity contribution is 0.211. The second-order valence-electron chi connectivity index (χ2n) is 5.21. The van der Waals surface area contributed by atoms with Crippen molar-refractivity contribution < 1.29 is 0 Å². The SMILES string of the molecule is CC(Cc1ccccc1)N1Cc2ccccc2C1. The van der Waals surface area contributed by atoms with Crippen molar-refractivity contribution in [2.75, 3.05) is 0 Å². The van der Waals surface area contributed by atoms with Crippen molar-refractivity contribution in [3.8, 4) is 0 Å². The van der Waals surface area contributed by atoms with Crippen LogP contribution in [0.1, 0.15) is 23.6 Å². The number of hydrogen-bond donors (Lipinski definition) is 0. The summed E-state index contributed by atoms with van der Waals surface area (Å²) in [5.41, 5.74) is 4.43. The summed E-state index contributed by atoms with van der Waals surface area (Å²) in [4.78, 5) is 2.57. The van der Waals surface area contributed by atoms with Crippen LogP contribution in [-0.4, -0.2) is 10.9 Å². The molecule has 0 saturated carbocycles. The van der Waals surface area contributed by atoms with Gasteiger partial charge in [0.15, 0.2) is 0 Å². The predicted octanol–water partition coefficient (Wildman–Crippen LogP) is 3.63. The van der Waals surface area contributed by atoms with E-state index in [1.54, 1.807) is 0 Å². The van der Waals surface area contributed by atoms with Gasteiger partial charge < -0.3 is 0 Å². The van der Waals surface area contributed by atoms with Gasteiger partial charge in [-0.2, -0.15) is 0 Å². The van der Waals surface area contributed by atoms with Gasteiger partial charge in [0.2, 0.25) is 0 Å². The maximum Gasteiger partial charge on any atom is 0.0243 e. The Balaban J connectivity index is 1.67. The smallest absolute Gasteiger partial charge is 0.0243 e. The van der Waals surface area contributed by atoms with Crippen LogP contribution in [0.2, 0.25) is 0 Å². The summed E-state index contributed by atoms with van der Waals surface area (Å²) in [5.74, 6) is 0. The van der Waals surface area contributed by atoms with Gasteiger partial charge in [0.25, 0.3) is 0 Å². The van der Waals surface area contributed by atoms with Crippen LogP contribution in [0, 0.1) is 0 Å². The predicted molar refractivity (Wildman–Crippen MR) is 75.3 cm³/mol. The average molecular weight is 237 g/mol. The van der Waals surface area contributed by atoms with Crippen LogP contribution in [0.15, 0.2) is 54.6 Å². The molecule has 1 nitrogen and oxygen atoms in total. The van der Waals surface area contributed by atoms with E-state index in [1.807, 2.05) is 0 Å². The topological polar surface area (TPSA) is 3.24 Å². The van der Waals surface area contributed by atoms with Gasteiger partial charge in [-0.25, -0.2) is 0 Å². The van der Waals surface area contributed by atoms with Gasteiger partial charge in [-0.1, -0.05) is 54.6 Å². The van der Waals surface area contributed by atoms with E-state index in [9.17, 15) is 0 Å². The highest BCUT2D eigenvalue weighted by Crippen LogP contribution is 2.25. The van der Waals surface area contributed by atoms with Crippen molar-refractivity contribution in [2.24, 2.45) is 0 Å². The second kappa shape index (κ2) is 4.95. The summed E-state index contributed by atoms with van der Waals surface area (Å²) < 4.78 is 0. The molecule has 3 rings (SSSR count). The van der Waals surface area contributed by atoms with E-state index in [4.69, 9.17) is 0 Å². The number of fused-ring (bicyclic) bond motifs is 1. The lowest BCUT2D eigenvalue weighted by atomic mass is 10.1. The van der Waals surface area contributed by atoms with Gasteiger partial charge in [0.1, 0.15) is 0 Å². The van der Waals surface area contributed by atoms with E-state index < -0.39 is 0 Å². The van der Waals surface area contributed by atoms with Crippen molar-refractivity contribution in [3.05, 3.63) is 71.3 Å². The van der Waals surface area contributed by atoms with Gasteiger partial charge >= 0.3 is 0 Å². The number of rotatable bonds is 3. The van der Waals surface area contributed by atoms with Gasteiger partial charge in [-0.3, -0.25) is 4.90 Å². The maximum atomic E-state index is 2.57. The molecule has 0 spiro atoms. The van der Waals surface area contributed by atoms with Gasteiger partial charge in [-0.15, -0.1) is 0 Å². The van der Waals surface area contributed by atoms with Crippen LogP contribution in [-0.2, 0) is 19.5 Å². The summed E-state index contributed by atoms with van der Waals surface area (Å²) >= 11 is 0. The van der Waals surface area contributed by atoms with Crippen LogP contribution in [0.25, 0.3) is 0 Å². The molecule has 1 aliphatic heterocycles. The summed E-state index contributed by atoms with van der Waals surface area (Å²) in [6.07, 6.45) is 1.13. The molecule has 2 aromatic carbocycles. The minimum absolute atomic E-state index is 0.597. The summed E-state index contributed by atoms with van der Waals surface area (Å²) in [5, 5.41) is 0. The molecule has 0 amide bonds. The minimum Gasteiger partial charge on any atom is -0.292 e. The first-order valence-corrected chi connectivity index (χ1v) is 6.67. The summed E-state index contributed by atoms with van der Waals surface area (Å²) in [7, 11) is 0. The molecule has 0 N–H and O–H groups in total. The summed E-state index contributed by atoms with van der Waals surface area (Å²) in [6, 6.07) is 20.2. The van der Waals surface area contributed by atoms with Crippen molar-refractivity contribution in [1.29, 1.82) is 0 Å². The molecule has 0 radical (unpaired) electrons. The minimum atomic E-state index is 0.597. The first-order chi connectivity index (χ1) is 8.83. The molecule has 0 saturated heterocycles. The van der Waals surface area contributed by atoms with Gasteiger partial charge in [0, 0.05) is 19.1 Å². The molecule has 1 heterocycles. The molecule has 18 heavy (non-hydrogen) atoms. The molecule has 0 aliphatic carbocycles. The van der Waals surface area contributed by atoms with Crippen LogP contribution in [0.4, 0.5) is 0 Å². The molecule has 92 valence electrons. The zero-order valence-corrected chi connectivity index (χ0v) is 10.8. The fraction of sp³-hybridized carbons (Fsp3) is 0.294. The monoisotopic (exact) mass is 237 g/mol. The zero-order chi connectivity index (χ0) is 12.4. The Bertz CT molecular complexity index is 493. The van der Waals surface area contributed by atoms with E-state index in [2.05, 4.69) is 66.4 Å². The number of nitrogens with zero attached hydrogens (tertiary/aromatic N) is 1. The molecule has 0 fully saturated rings. The Morgan fingerprint density at radius 3 is 2.06 bits per heavy atom. The van der Waals surface area contributed by atoms with E-state index in [-0.39, 0.29) is 0 Å². The Kier molecular flexibility index (Phi) is 3.16. The normalized spacial score (nSPS) is 16.5. The average Bonchev–Trinajstić information content (AvgIpc) is 2.84. The van der Waals surface area contributed by atoms with Crippen LogP contribution in [0.3, 0.4) is 0 Å². The first-order valence-electron chi connectivity index (χ1n) is 6.67. The lowest BCUT2D eigenvalue weighted by Crippen LogP contribution is -2.29. The molecule has 1 heteroatoms. The fourth-order valence-corrected chi connectivity index (χ4v) is 2.76. The highest BCUT2D eigenvalue weighted by molar-refractivity contribution is 5.30. The van der Waals surface area contributed by atoms with Crippen LogP contribution >= 0.6 is 0 Å². The third kappa shape index (κ3) is 2.32. The Labute approximate surface area is 109 Å². The standard InChI is InChI=1S/C17H19N/c1-14(11-15-7-3-2-4-8-15)18-12-16-9-5-6-10-17(16)13-18/h2-10,14H,11-13H2,1H3. The quantitative estimate of drug-likeness (QED) is 0.788. The van der Waals surface area contributed by atoms with Crippen molar-refractivity contribution in [1.82, 2.24) is 4.90 Å². The van der Waals surface area contributed by atoms with Crippen molar-refractivity contribution in [2.45, 2.75) is 32.5 Å². The van der Waals surface area contributed by atoms with E-state index in [1.165, 1.54) is 16.7 Å². The third-order valence-corrected chi connectivity index (χ3v) is 3.86. The number of hydrogen-bond acceptors (Lipinski definition) is 1.